The molecule has 2 aliphatic rings. The predicted octanol–water partition coefficient (Wildman–Crippen LogP) is 2.10. The topological polar surface area (TPSA) is 116 Å². The highest BCUT2D eigenvalue weighted by molar-refractivity contribution is 5.88. The van der Waals surface area contributed by atoms with Crippen molar-refractivity contribution < 1.29 is 9.72 Å². The molecule has 25 heavy (non-hydrogen) atoms. The van der Waals surface area contributed by atoms with Crippen molar-refractivity contribution in [3.63, 3.8) is 0 Å². The second kappa shape index (κ2) is 5.20. The van der Waals surface area contributed by atoms with Crippen LogP contribution in [0.25, 0.3) is 0 Å². The fourth-order valence-electron chi connectivity index (χ4n) is 3.64. The molecule has 0 fully saturated rings. The van der Waals surface area contributed by atoms with Gasteiger partial charge in [-0.05, 0) is 21.4 Å². The minimum absolute atomic E-state index is 0.0280. The minimum atomic E-state index is -0.513. The summed E-state index contributed by atoms with van der Waals surface area (Å²) in [4.78, 5) is 23.6. The number of nitrogens with zero attached hydrogens (tertiary/aromatic N) is 5. The Morgan fingerprint density at radius 3 is 2.96 bits per heavy atom. The molecule has 1 N–H and O–H groups in total. The van der Waals surface area contributed by atoms with Gasteiger partial charge in [0.1, 0.15) is 5.78 Å². The lowest BCUT2D eigenvalue weighted by atomic mass is 9.72. The van der Waals surface area contributed by atoms with E-state index in [4.69, 9.17) is 0 Å². The SMILES string of the molecule is CC1(C)C=C2Nc3nnnn3[C@@H](c3cccc([N+](=O)[O-])c3)[C@@H]2C(=O)C1. The summed E-state index contributed by atoms with van der Waals surface area (Å²) < 4.78 is 1.53. The molecule has 2 heterocycles. The first kappa shape index (κ1) is 15.4. The van der Waals surface area contributed by atoms with E-state index in [1.807, 2.05) is 19.9 Å². The number of Topliss-reactive ketones (excluding diaryl/α,β-unsaturated/α-hetero) is 1. The van der Waals surface area contributed by atoms with Gasteiger partial charge < -0.3 is 5.32 Å². The van der Waals surface area contributed by atoms with Gasteiger partial charge in [0.15, 0.2) is 0 Å². The second-order valence-corrected chi connectivity index (χ2v) is 7.08. The van der Waals surface area contributed by atoms with E-state index >= 15 is 0 Å². The van der Waals surface area contributed by atoms with Crippen molar-refractivity contribution in [2.75, 3.05) is 5.32 Å². The average Bonchev–Trinajstić information content (AvgIpc) is 2.99. The first-order valence-corrected chi connectivity index (χ1v) is 7.90. The molecule has 0 saturated carbocycles. The zero-order valence-corrected chi connectivity index (χ0v) is 13.7. The van der Waals surface area contributed by atoms with Gasteiger partial charge in [-0.1, -0.05) is 37.2 Å². The lowest BCUT2D eigenvalue weighted by Gasteiger charge is -2.39. The Labute approximate surface area is 142 Å². The molecule has 1 aliphatic heterocycles. The van der Waals surface area contributed by atoms with E-state index in [1.54, 1.807) is 12.1 Å². The first-order chi connectivity index (χ1) is 11.9. The molecule has 2 aromatic rings. The number of benzene rings is 1. The second-order valence-electron chi connectivity index (χ2n) is 7.08. The summed E-state index contributed by atoms with van der Waals surface area (Å²) in [5.41, 5.74) is 1.09. The highest BCUT2D eigenvalue weighted by Gasteiger charge is 2.45. The van der Waals surface area contributed by atoms with Crippen molar-refractivity contribution in [2.24, 2.45) is 11.3 Å². The Balaban J connectivity index is 1.90. The summed E-state index contributed by atoms with van der Waals surface area (Å²) in [6.07, 6.45) is 2.42. The van der Waals surface area contributed by atoms with Crippen molar-refractivity contribution in [1.29, 1.82) is 0 Å². The Bertz CT molecular complexity index is 916. The molecule has 128 valence electrons. The van der Waals surface area contributed by atoms with Gasteiger partial charge in [0.25, 0.3) is 5.69 Å². The summed E-state index contributed by atoms with van der Waals surface area (Å²) in [5, 5.41) is 25.9. The van der Waals surface area contributed by atoms with E-state index < -0.39 is 16.9 Å². The maximum atomic E-state index is 12.9. The molecule has 9 heteroatoms. The van der Waals surface area contributed by atoms with Gasteiger partial charge in [0.2, 0.25) is 5.95 Å². The van der Waals surface area contributed by atoms with Crippen molar-refractivity contribution >= 4 is 17.4 Å². The van der Waals surface area contributed by atoms with E-state index in [2.05, 4.69) is 20.8 Å². The third-order valence-electron chi connectivity index (χ3n) is 4.61. The zero-order chi connectivity index (χ0) is 17.8. The largest absolute Gasteiger partial charge is 0.326 e. The fraction of sp³-hybridized carbons (Fsp3) is 0.375. The molecule has 4 rings (SSSR count). The highest BCUT2D eigenvalue weighted by atomic mass is 16.6. The van der Waals surface area contributed by atoms with Gasteiger partial charge >= 0.3 is 0 Å². The number of carbonyl (C=O) groups excluding carboxylic acids is 1. The van der Waals surface area contributed by atoms with Crippen molar-refractivity contribution in [3.8, 4) is 0 Å². The summed E-state index contributed by atoms with van der Waals surface area (Å²) in [6, 6.07) is 5.76. The molecule has 0 saturated heterocycles. The highest BCUT2D eigenvalue weighted by Crippen LogP contribution is 2.45. The van der Waals surface area contributed by atoms with Crippen LogP contribution in [0, 0.1) is 21.4 Å². The van der Waals surface area contributed by atoms with Gasteiger partial charge in [-0.2, -0.15) is 0 Å². The van der Waals surface area contributed by atoms with Crippen molar-refractivity contribution in [3.05, 3.63) is 51.7 Å². The molecule has 1 aromatic heterocycles. The number of nitro benzene ring substituents is 1. The number of carbonyl (C=O) groups is 1. The number of tetrazole rings is 1. The maximum Gasteiger partial charge on any atom is 0.269 e. The zero-order valence-electron chi connectivity index (χ0n) is 13.7. The van der Waals surface area contributed by atoms with Crippen LogP contribution in [-0.4, -0.2) is 30.9 Å². The van der Waals surface area contributed by atoms with Crippen LogP contribution in [0.2, 0.25) is 0 Å². The van der Waals surface area contributed by atoms with Crippen molar-refractivity contribution in [1.82, 2.24) is 20.2 Å². The number of nitrogens with one attached hydrogen (secondary N) is 1. The minimum Gasteiger partial charge on any atom is -0.326 e. The van der Waals surface area contributed by atoms with Gasteiger partial charge in [-0.15, -0.1) is 0 Å². The summed E-state index contributed by atoms with van der Waals surface area (Å²) in [6.45, 7) is 3.99. The summed E-state index contributed by atoms with van der Waals surface area (Å²) >= 11 is 0. The number of fused-ring (bicyclic) bond motifs is 2. The number of allylic oxidation sites excluding steroid dienone is 2. The number of non-ortho nitro benzene ring substituents is 1. The summed E-state index contributed by atoms with van der Waals surface area (Å²) in [5.74, 6) is -0.0109. The molecule has 0 bridgehead atoms. The van der Waals surface area contributed by atoms with E-state index in [0.29, 0.717) is 17.9 Å². The van der Waals surface area contributed by atoms with E-state index in [9.17, 15) is 14.9 Å². The Kier molecular flexibility index (Phi) is 3.21. The monoisotopic (exact) mass is 340 g/mol. The number of hydrogen-bond acceptors (Lipinski definition) is 7. The van der Waals surface area contributed by atoms with Crippen molar-refractivity contribution in [2.45, 2.75) is 26.3 Å². The van der Waals surface area contributed by atoms with Crippen LogP contribution in [0.15, 0.2) is 36.0 Å². The molecule has 1 aliphatic carbocycles. The van der Waals surface area contributed by atoms with Gasteiger partial charge in [0, 0.05) is 24.3 Å². The maximum absolute atomic E-state index is 12.9. The Morgan fingerprint density at radius 1 is 1.40 bits per heavy atom. The van der Waals surface area contributed by atoms with Crippen LogP contribution in [0.3, 0.4) is 0 Å². The standard InChI is InChI=1S/C16H16N6O3/c1-16(2)7-11-13(12(23)8-16)14(21-15(17-11)18-19-20-21)9-4-3-5-10(6-9)22(24)25/h3-7,13-14H,8H2,1-2H3,(H,17,18,20)/t13-,14-/m0/s1. The number of anilines is 1. The average molecular weight is 340 g/mol. The molecular formula is C16H16N6O3. The molecule has 2 atom stereocenters. The smallest absolute Gasteiger partial charge is 0.269 e. The molecule has 9 nitrogen and oxygen atoms in total. The third-order valence-corrected chi connectivity index (χ3v) is 4.61. The van der Waals surface area contributed by atoms with Crippen LogP contribution in [0.5, 0.6) is 0 Å². The lowest BCUT2D eigenvalue weighted by molar-refractivity contribution is -0.384. The number of aromatic nitrogens is 4. The third kappa shape index (κ3) is 2.48. The quantitative estimate of drug-likeness (QED) is 0.657. The molecule has 0 unspecified atom stereocenters. The van der Waals surface area contributed by atoms with E-state index in [-0.39, 0.29) is 16.9 Å². The first-order valence-electron chi connectivity index (χ1n) is 7.90. The predicted molar refractivity (Wildman–Crippen MR) is 87.7 cm³/mol. The Hall–Kier alpha value is -3.10. The normalized spacial score (nSPS) is 23.9. The van der Waals surface area contributed by atoms with Crippen LogP contribution in [-0.2, 0) is 4.79 Å². The number of rotatable bonds is 2. The molecule has 0 spiro atoms. The van der Waals surface area contributed by atoms with Gasteiger partial charge in [-0.3, -0.25) is 14.9 Å². The number of ketones is 1. The lowest BCUT2D eigenvalue weighted by Crippen LogP contribution is -2.42. The molecular weight excluding hydrogens is 324 g/mol. The Morgan fingerprint density at radius 2 is 2.20 bits per heavy atom. The van der Waals surface area contributed by atoms with Gasteiger partial charge in [0.05, 0.1) is 16.9 Å². The molecule has 1 aromatic carbocycles. The van der Waals surface area contributed by atoms with Crippen LogP contribution >= 0.6 is 0 Å². The molecule has 0 amide bonds. The van der Waals surface area contributed by atoms with E-state index in [1.165, 1.54) is 16.8 Å². The summed E-state index contributed by atoms with van der Waals surface area (Å²) in [7, 11) is 0. The van der Waals surface area contributed by atoms with Crippen LogP contribution in [0.1, 0.15) is 31.9 Å². The van der Waals surface area contributed by atoms with E-state index in [0.717, 1.165) is 5.70 Å². The number of nitro groups is 1. The fourth-order valence-corrected chi connectivity index (χ4v) is 3.64. The van der Waals surface area contributed by atoms with Crippen LogP contribution < -0.4 is 5.32 Å². The number of hydrogen-bond donors (Lipinski definition) is 1. The van der Waals surface area contributed by atoms with Gasteiger partial charge in [-0.25, -0.2) is 4.68 Å². The molecule has 0 radical (unpaired) electrons. The van der Waals surface area contributed by atoms with Crippen LogP contribution in [0.4, 0.5) is 11.6 Å².